The van der Waals surface area contributed by atoms with Gasteiger partial charge >= 0.3 is 0 Å². The molecule has 0 bridgehead atoms. The van der Waals surface area contributed by atoms with Crippen LogP contribution in [0.2, 0.25) is 0 Å². The Bertz CT molecular complexity index is 550. The quantitative estimate of drug-likeness (QED) is 0.0656. The van der Waals surface area contributed by atoms with Gasteiger partial charge in [-0.1, -0.05) is 128 Å². The van der Waals surface area contributed by atoms with E-state index in [1.54, 1.807) is 0 Å². The summed E-state index contributed by atoms with van der Waals surface area (Å²) in [6, 6.07) is 10.5. The lowest BCUT2D eigenvalue weighted by Gasteiger charge is -2.41. The molecule has 0 radical (unpaired) electrons. The Hall–Kier alpha value is -0.240. The van der Waals surface area contributed by atoms with Crippen LogP contribution in [-0.4, -0.2) is 36.0 Å². The molecule has 0 aliphatic rings. The maximum atomic E-state index is 7.15. The minimum atomic E-state index is -0.121. The maximum Gasteiger partial charge on any atom is 0.103 e. The van der Waals surface area contributed by atoms with Gasteiger partial charge in [-0.15, -0.1) is 23.2 Å². The Morgan fingerprint density at radius 2 is 0.889 bits per heavy atom. The van der Waals surface area contributed by atoms with Gasteiger partial charge in [-0.2, -0.15) is 0 Å². The highest BCUT2D eigenvalue weighted by molar-refractivity contribution is 6.30. The summed E-state index contributed by atoms with van der Waals surface area (Å²) in [5.74, 6) is 0. The van der Waals surface area contributed by atoms with Crippen LogP contribution in [0.25, 0.3) is 0 Å². The Morgan fingerprint density at radius 1 is 0.528 bits per heavy atom. The molecule has 0 amide bonds. The molecule has 3 heteroatoms. The van der Waals surface area contributed by atoms with Crippen LogP contribution in [0.1, 0.15) is 147 Å². The molecule has 0 heterocycles. The molecule has 0 aliphatic heterocycles. The second-order valence-electron chi connectivity index (χ2n) is 11.3. The molecule has 2 atom stereocenters. The fourth-order valence-corrected chi connectivity index (χ4v) is 6.26. The van der Waals surface area contributed by atoms with Gasteiger partial charge in [-0.25, -0.2) is 0 Å². The molecule has 0 saturated carbocycles. The van der Waals surface area contributed by atoms with Gasteiger partial charge in [0.2, 0.25) is 0 Å². The third kappa shape index (κ3) is 15.9. The average Bonchev–Trinajstić information content (AvgIpc) is 2.90. The fourth-order valence-electron chi connectivity index (χ4n) is 5.60. The lowest BCUT2D eigenvalue weighted by molar-refractivity contribution is -0.928. The van der Waals surface area contributed by atoms with Crippen molar-refractivity contribution in [1.29, 1.82) is 0 Å². The summed E-state index contributed by atoms with van der Waals surface area (Å²) in [6.45, 7) is 11.7. The number of hydrogen-bond acceptors (Lipinski definition) is 0. The number of rotatable bonds is 25. The molecule has 36 heavy (non-hydrogen) atoms. The van der Waals surface area contributed by atoms with Crippen molar-refractivity contribution in [3.8, 4) is 0 Å². The van der Waals surface area contributed by atoms with E-state index in [0.717, 1.165) is 12.1 Å². The van der Waals surface area contributed by atoms with Gasteiger partial charge in [0, 0.05) is 0 Å². The zero-order chi connectivity index (χ0) is 26.3. The van der Waals surface area contributed by atoms with E-state index in [-0.39, 0.29) is 10.8 Å². The number of unbranched alkanes of at least 4 members (excludes halogenated alkanes) is 15. The summed E-state index contributed by atoms with van der Waals surface area (Å²) in [7, 11) is 0. The SMILES string of the molecule is CCCCCCCC[N+](CCCCCCCC)(CCCCCCCC)CC(Cl)C(Cl)c1ccccc1. The number of alkyl halides is 2. The summed E-state index contributed by atoms with van der Waals surface area (Å²) < 4.78 is 1.18. The van der Waals surface area contributed by atoms with Gasteiger partial charge in [0.1, 0.15) is 5.38 Å². The van der Waals surface area contributed by atoms with E-state index in [0.29, 0.717) is 0 Å². The Morgan fingerprint density at radius 3 is 1.28 bits per heavy atom. The second kappa shape index (κ2) is 22.7. The van der Waals surface area contributed by atoms with Crippen LogP contribution in [-0.2, 0) is 0 Å². The van der Waals surface area contributed by atoms with E-state index in [1.165, 1.54) is 140 Å². The van der Waals surface area contributed by atoms with Crippen molar-refractivity contribution in [3.05, 3.63) is 35.9 Å². The van der Waals surface area contributed by atoms with Crippen LogP contribution in [0.3, 0.4) is 0 Å². The lowest BCUT2D eigenvalue weighted by Crippen LogP contribution is -2.53. The molecule has 1 aromatic rings. The predicted molar refractivity (Wildman–Crippen MR) is 165 cm³/mol. The summed E-state index contributed by atoms with van der Waals surface area (Å²) >= 11 is 14.1. The minimum absolute atomic E-state index is 0.0330. The van der Waals surface area contributed by atoms with Gasteiger partial charge in [-0.05, 0) is 44.1 Å². The average molecular weight is 542 g/mol. The Kier molecular flexibility index (Phi) is 21.3. The monoisotopic (exact) mass is 540 g/mol. The van der Waals surface area contributed by atoms with E-state index in [9.17, 15) is 0 Å². The minimum Gasteiger partial charge on any atom is -0.322 e. The number of hydrogen-bond donors (Lipinski definition) is 0. The van der Waals surface area contributed by atoms with Gasteiger partial charge in [0.05, 0.1) is 31.6 Å². The van der Waals surface area contributed by atoms with Crippen molar-refractivity contribution >= 4 is 23.2 Å². The zero-order valence-electron chi connectivity index (χ0n) is 24.3. The number of benzene rings is 1. The first-order valence-corrected chi connectivity index (χ1v) is 16.6. The molecule has 210 valence electrons. The van der Waals surface area contributed by atoms with E-state index < -0.39 is 0 Å². The molecule has 2 unspecified atom stereocenters. The van der Waals surface area contributed by atoms with E-state index in [4.69, 9.17) is 23.2 Å². The molecule has 0 aliphatic carbocycles. The van der Waals surface area contributed by atoms with Crippen molar-refractivity contribution in [2.75, 3.05) is 26.2 Å². The van der Waals surface area contributed by atoms with Crippen molar-refractivity contribution < 1.29 is 4.48 Å². The Balaban J connectivity index is 2.85. The van der Waals surface area contributed by atoms with Crippen molar-refractivity contribution in [2.24, 2.45) is 0 Å². The highest BCUT2D eigenvalue weighted by Gasteiger charge is 2.33. The molecule has 0 saturated heterocycles. The molecular formula is C33H60Cl2N+. The molecular weight excluding hydrogens is 481 g/mol. The molecule has 1 nitrogen and oxygen atoms in total. The van der Waals surface area contributed by atoms with E-state index in [2.05, 4.69) is 51.1 Å². The fraction of sp³-hybridized carbons (Fsp3) is 0.818. The first kappa shape index (κ1) is 33.8. The van der Waals surface area contributed by atoms with Crippen LogP contribution in [0.5, 0.6) is 0 Å². The molecule has 0 N–H and O–H groups in total. The summed E-state index contributed by atoms with van der Waals surface area (Å²) in [4.78, 5) is 0. The highest BCUT2D eigenvalue weighted by Crippen LogP contribution is 2.31. The first-order chi connectivity index (χ1) is 17.6. The molecule has 1 aromatic carbocycles. The van der Waals surface area contributed by atoms with Crippen LogP contribution in [0, 0.1) is 0 Å². The van der Waals surface area contributed by atoms with Gasteiger partial charge < -0.3 is 4.48 Å². The molecule has 0 aromatic heterocycles. The van der Waals surface area contributed by atoms with Crippen molar-refractivity contribution in [3.63, 3.8) is 0 Å². The van der Waals surface area contributed by atoms with Crippen LogP contribution >= 0.6 is 23.2 Å². The zero-order valence-corrected chi connectivity index (χ0v) is 25.8. The van der Waals surface area contributed by atoms with Gasteiger partial charge in [0.15, 0.2) is 0 Å². The normalized spacial score (nSPS) is 13.7. The summed E-state index contributed by atoms with van der Waals surface area (Å²) in [6.07, 6.45) is 24.5. The highest BCUT2D eigenvalue weighted by atomic mass is 35.5. The third-order valence-electron chi connectivity index (χ3n) is 7.96. The molecule has 1 rings (SSSR count). The van der Waals surface area contributed by atoms with Crippen LogP contribution in [0.15, 0.2) is 30.3 Å². The van der Waals surface area contributed by atoms with Crippen molar-refractivity contribution in [2.45, 2.75) is 147 Å². The number of quaternary nitrogens is 1. The van der Waals surface area contributed by atoms with Gasteiger partial charge in [-0.3, -0.25) is 0 Å². The third-order valence-corrected chi connectivity index (χ3v) is 9.03. The second-order valence-corrected chi connectivity index (χ2v) is 12.4. The Labute approximate surface area is 236 Å². The smallest absolute Gasteiger partial charge is 0.103 e. The van der Waals surface area contributed by atoms with Gasteiger partial charge in [0.25, 0.3) is 0 Å². The summed E-state index contributed by atoms with van der Waals surface area (Å²) in [5, 5.41) is -0.154. The van der Waals surface area contributed by atoms with Crippen molar-refractivity contribution in [1.82, 2.24) is 0 Å². The summed E-state index contributed by atoms with van der Waals surface area (Å²) in [5.41, 5.74) is 1.16. The van der Waals surface area contributed by atoms with Crippen LogP contribution < -0.4 is 0 Å². The maximum absolute atomic E-state index is 7.15. The molecule has 0 spiro atoms. The lowest BCUT2D eigenvalue weighted by atomic mass is 10.0. The predicted octanol–water partition coefficient (Wildman–Crippen LogP) is 11.5. The topological polar surface area (TPSA) is 0 Å². The largest absolute Gasteiger partial charge is 0.322 e. The van der Waals surface area contributed by atoms with E-state index >= 15 is 0 Å². The number of halogens is 2. The van der Waals surface area contributed by atoms with Crippen LogP contribution in [0.4, 0.5) is 0 Å². The molecule has 0 fully saturated rings. The standard InChI is InChI=1S/C33H60Cl2N/c1-4-7-10-13-16-22-27-36(28-23-17-14-11-8-5-2,29-24-18-15-12-9-6-3)30-32(34)33(35)31-25-20-19-21-26-31/h19-21,25-26,32-33H,4-18,22-24,27-30H2,1-3H3/q+1. The van der Waals surface area contributed by atoms with E-state index in [1.807, 2.05) is 0 Å². The number of nitrogens with zero attached hydrogens (tertiary/aromatic N) is 1. The first-order valence-electron chi connectivity index (χ1n) is 15.8.